The highest BCUT2D eigenvalue weighted by Crippen LogP contribution is 2.27. The lowest BCUT2D eigenvalue weighted by Gasteiger charge is -2.33. The number of hydrogen-bond donors (Lipinski definition) is 2. The van der Waals surface area contributed by atoms with Crippen LogP contribution in [0.3, 0.4) is 0 Å². The highest BCUT2D eigenvalue weighted by atomic mass is 32.1. The van der Waals surface area contributed by atoms with Gasteiger partial charge in [-0.25, -0.2) is 18.7 Å². The fourth-order valence-electron chi connectivity index (χ4n) is 3.05. The normalized spacial score (nSPS) is 15.1. The lowest BCUT2D eigenvalue weighted by molar-refractivity contribution is -0.121. The summed E-state index contributed by atoms with van der Waals surface area (Å²) in [5, 5.41) is 7.52. The third kappa shape index (κ3) is 3.94. The minimum atomic E-state index is -0.838. The first-order chi connectivity index (χ1) is 13.5. The third-order valence-corrected chi connectivity index (χ3v) is 5.43. The van der Waals surface area contributed by atoms with Gasteiger partial charge in [0, 0.05) is 31.7 Å². The number of nitrogens with zero attached hydrogens (tertiary/aromatic N) is 5. The SMILES string of the molecule is NC(=O)NC(=O)CN1CCN(c2nn3cc(-c4ccc(F)cc4)nc3s2)CC1. The second kappa shape index (κ2) is 7.52. The molecule has 0 spiro atoms. The Kier molecular flexibility index (Phi) is 4.92. The molecule has 1 saturated heterocycles. The molecule has 0 bridgehead atoms. The number of nitrogens with one attached hydrogen (secondary N) is 1. The van der Waals surface area contributed by atoms with Gasteiger partial charge in [0.2, 0.25) is 16.0 Å². The summed E-state index contributed by atoms with van der Waals surface area (Å²) in [6, 6.07) is 5.36. The molecule has 146 valence electrons. The summed E-state index contributed by atoms with van der Waals surface area (Å²) in [6.45, 7) is 2.92. The zero-order chi connectivity index (χ0) is 19.7. The number of halogens is 1. The molecule has 3 N–H and O–H groups in total. The quantitative estimate of drug-likeness (QED) is 0.670. The average molecular weight is 403 g/mol. The second-order valence-corrected chi connectivity index (χ2v) is 7.35. The Morgan fingerprint density at radius 3 is 2.54 bits per heavy atom. The lowest BCUT2D eigenvalue weighted by Crippen LogP contribution is -2.50. The van der Waals surface area contributed by atoms with Crippen molar-refractivity contribution in [1.29, 1.82) is 0 Å². The van der Waals surface area contributed by atoms with E-state index in [-0.39, 0.29) is 12.4 Å². The summed E-state index contributed by atoms with van der Waals surface area (Å²) < 4.78 is 14.8. The van der Waals surface area contributed by atoms with E-state index in [1.54, 1.807) is 16.6 Å². The smallest absolute Gasteiger partial charge is 0.318 e. The van der Waals surface area contributed by atoms with Crippen LogP contribution >= 0.6 is 11.3 Å². The fourth-order valence-corrected chi connectivity index (χ4v) is 3.99. The van der Waals surface area contributed by atoms with Crippen molar-refractivity contribution in [2.45, 2.75) is 0 Å². The summed E-state index contributed by atoms with van der Waals surface area (Å²) in [5.41, 5.74) is 6.53. The standard InChI is InChI=1S/C17H18FN7O2S/c18-12-3-1-11(2-4-12)13-9-25-16(20-13)28-17(22-25)24-7-5-23(6-8-24)10-14(26)21-15(19)27/h1-4,9H,5-8,10H2,(H3,19,21,26,27). The number of fused-ring (bicyclic) bond motifs is 1. The molecule has 2 aromatic heterocycles. The minimum Gasteiger partial charge on any atom is -0.351 e. The molecule has 1 aromatic carbocycles. The van der Waals surface area contributed by atoms with Crippen molar-refractivity contribution in [2.24, 2.45) is 5.73 Å². The second-order valence-electron chi connectivity index (χ2n) is 6.42. The predicted molar refractivity (Wildman–Crippen MR) is 103 cm³/mol. The minimum absolute atomic E-state index is 0.138. The number of carbonyl (C=O) groups is 2. The first-order valence-corrected chi connectivity index (χ1v) is 9.48. The van der Waals surface area contributed by atoms with Crippen LogP contribution in [0.1, 0.15) is 0 Å². The number of rotatable bonds is 4. The van der Waals surface area contributed by atoms with Crippen molar-refractivity contribution in [1.82, 2.24) is 24.8 Å². The van der Waals surface area contributed by atoms with Crippen LogP contribution in [0.5, 0.6) is 0 Å². The maximum absolute atomic E-state index is 13.1. The molecule has 0 aliphatic carbocycles. The van der Waals surface area contributed by atoms with Crippen LogP contribution < -0.4 is 16.0 Å². The van der Waals surface area contributed by atoms with Gasteiger partial charge in [-0.1, -0.05) is 11.3 Å². The summed E-state index contributed by atoms with van der Waals surface area (Å²) >= 11 is 1.48. The Labute approximate surface area is 163 Å². The van der Waals surface area contributed by atoms with E-state index in [1.807, 2.05) is 11.1 Å². The number of urea groups is 1. The average Bonchev–Trinajstić information content (AvgIpc) is 3.21. The van der Waals surface area contributed by atoms with Crippen LogP contribution in [-0.2, 0) is 4.79 Å². The van der Waals surface area contributed by atoms with Crippen molar-refractivity contribution >= 4 is 33.4 Å². The Balaban J connectivity index is 1.39. The largest absolute Gasteiger partial charge is 0.351 e. The number of hydrogen-bond acceptors (Lipinski definition) is 7. The van der Waals surface area contributed by atoms with Crippen molar-refractivity contribution in [3.05, 3.63) is 36.3 Å². The summed E-state index contributed by atoms with van der Waals surface area (Å²) in [4.78, 5) is 31.8. The number of benzene rings is 1. The third-order valence-electron chi connectivity index (χ3n) is 4.45. The number of anilines is 1. The monoisotopic (exact) mass is 403 g/mol. The molecular formula is C17H18FN7O2S. The molecule has 0 radical (unpaired) electrons. The Morgan fingerprint density at radius 1 is 1.18 bits per heavy atom. The summed E-state index contributed by atoms with van der Waals surface area (Å²) in [5.74, 6) is -0.682. The summed E-state index contributed by atoms with van der Waals surface area (Å²) in [7, 11) is 0. The maximum atomic E-state index is 13.1. The van der Waals surface area contributed by atoms with Crippen LogP contribution in [0.2, 0.25) is 0 Å². The van der Waals surface area contributed by atoms with Crippen molar-refractivity contribution in [2.75, 3.05) is 37.6 Å². The molecule has 0 saturated carbocycles. The lowest BCUT2D eigenvalue weighted by atomic mass is 10.2. The van der Waals surface area contributed by atoms with E-state index in [9.17, 15) is 14.0 Å². The van der Waals surface area contributed by atoms with E-state index < -0.39 is 11.9 Å². The van der Waals surface area contributed by atoms with Crippen LogP contribution in [-0.4, -0.2) is 64.2 Å². The molecule has 3 aromatic rings. The number of amides is 3. The fraction of sp³-hybridized carbons (Fsp3) is 0.294. The molecule has 3 amide bonds. The van der Waals surface area contributed by atoms with Crippen LogP contribution in [0.4, 0.5) is 14.3 Å². The van der Waals surface area contributed by atoms with Gasteiger partial charge in [0.05, 0.1) is 18.4 Å². The number of imidazole rings is 1. The molecule has 1 aliphatic rings. The first-order valence-electron chi connectivity index (χ1n) is 8.67. The number of primary amides is 1. The van der Waals surface area contributed by atoms with Crippen LogP contribution in [0.15, 0.2) is 30.5 Å². The van der Waals surface area contributed by atoms with Gasteiger partial charge >= 0.3 is 6.03 Å². The van der Waals surface area contributed by atoms with E-state index in [4.69, 9.17) is 5.73 Å². The van der Waals surface area contributed by atoms with Gasteiger partial charge in [-0.2, -0.15) is 0 Å². The molecule has 4 rings (SSSR count). The van der Waals surface area contributed by atoms with Gasteiger partial charge in [-0.05, 0) is 24.3 Å². The molecule has 11 heteroatoms. The van der Waals surface area contributed by atoms with Crippen molar-refractivity contribution < 1.29 is 14.0 Å². The number of nitrogens with two attached hydrogens (primary N) is 1. The zero-order valence-corrected chi connectivity index (χ0v) is 15.7. The van der Waals surface area contributed by atoms with E-state index in [0.29, 0.717) is 26.2 Å². The molecule has 28 heavy (non-hydrogen) atoms. The van der Waals surface area contributed by atoms with Gasteiger partial charge < -0.3 is 10.6 Å². The molecule has 0 unspecified atom stereocenters. The first kappa shape index (κ1) is 18.3. The summed E-state index contributed by atoms with van der Waals surface area (Å²) in [6.07, 6.45) is 1.83. The van der Waals surface area contributed by atoms with Crippen molar-refractivity contribution in [3.8, 4) is 11.3 Å². The highest BCUT2D eigenvalue weighted by Gasteiger charge is 2.22. The Morgan fingerprint density at radius 2 is 1.89 bits per heavy atom. The van der Waals surface area contributed by atoms with Gasteiger partial charge in [0.15, 0.2) is 0 Å². The predicted octanol–water partition coefficient (Wildman–Crippen LogP) is 0.914. The Bertz CT molecular complexity index is 977. The van der Waals surface area contributed by atoms with E-state index >= 15 is 0 Å². The highest BCUT2D eigenvalue weighted by molar-refractivity contribution is 7.20. The van der Waals surface area contributed by atoms with E-state index in [2.05, 4.69) is 20.3 Å². The molecule has 1 fully saturated rings. The molecule has 9 nitrogen and oxygen atoms in total. The zero-order valence-electron chi connectivity index (χ0n) is 14.8. The molecule has 3 heterocycles. The van der Waals surface area contributed by atoms with Gasteiger partial charge in [0.1, 0.15) is 5.82 Å². The molecular weight excluding hydrogens is 385 g/mol. The van der Waals surface area contributed by atoms with Gasteiger partial charge in [0.25, 0.3) is 0 Å². The van der Waals surface area contributed by atoms with E-state index in [0.717, 1.165) is 21.3 Å². The molecule has 1 aliphatic heterocycles. The van der Waals surface area contributed by atoms with Gasteiger partial charge in [-0.15, -0.1) is 5.10 Å². The number of aromatic nitrogens is 3. The number of imide groups is 1. The number of piperazine rings is 1. The topological polar surface area (TPSA) is 109 Å². The van der Waals surface area contributed by atoms with Crippen LogP contribution in [0, 0.1) is 5.82 Å². The van der Waals surface area contributed by atoms with Gasteiger partial charge in [-0.3, -0.25) is 15.0 Å². The van der Waals surface area contributed by atoms with E-state index in [1.165, 1.54) is 23.5 Å². The Hall–Kier alpha value is -3.05. The molecule has 0 atom stereocenters. The number of carbonyl (C=O) groups excluding carboxylic acids is 2. The van der Waals surface area contributed by atoms with Crippen LogP contribution in [0.25, 0.3) is 16.2 Å². The van der Waals surface area contributed by atoms with Crippen molar-refractivity contribution in [3.63, 3.8) is 0 Å². The maximum Gasteiger partial charge on any atom is 0.318 e.